The molecular formula is C19H18FN5. The van der Waals surface area contributed by atoms with Crippen molar-refractivity contribution in [2.24, 2.45) is 5.92 Å². The van der Waals surface area contributed by atoms with Crippen LogP contribution in [0.5, 0.6) is 0 Å². The van der Waals surface area contributed by atoms with Crippen LogP contribution in [0.1, 0.15) is 18.9 Å². The lowest BCUT2D eigenvalue weighted by molar-refractivity contribution is 0.626. The minimum absolute atomic E-state index is 0.250. The first-order chi connectivity index (χ1) is 12.2. The molecular weight excluding hydrogens is 317 g/mol. The minimum Gasteiger partial charge on any atom is -0.350 e. The number of aromatic nitrogens is 4. The lowest BCUT2D eigenvalue weighted by Crippen LogP contribution is -2.33. The zero-order valence-corrected chi connectivity index (χ0v) is 13.9. The van der Waals surface area contributed by atoms with Crippen molar-refractivity contribution in [3.05, 3.63) is 64.9 Å². The van der Waals surface area contributed by atoms with E-state index in [1.54, 1.807) is 18.6 Å². The van der Waals surface area contributed by atoms with Crippen LogP contribution in [0.3, 0.4) is 0 Å². The first-order valence-corrected chi connectivity index (χ1v) is 8.26. The normalized spacial score (nSPS) is 15.8. The summed E-state index contributed by atoms with van der Waals surface area (Å²) in [5.74, 6) is 1.48. The highest BCUT2D eigenvalue weighted by Gasteiger charge is 2.09. The molecule has 0 fully saturated rings. The molecule has 1 unspecified atom stereocenters. The Kier molecular flexibility index (Phi) is 4.01. The second kappa shape index (κ2) is 6.47. The van der Waals surface area contributed by atoms with Crippen molar-refractivity contribution in [3.8, 4) is 5.82 Å². The highest BCUT2D eigenvalue weighted by atomic mass is 19.1. The Hall–Kier alpha value is -3.02. The molecule has 1 atom stereocenters. The van der Waals surface area contributed by atoms with Crippen molar-refractivity contribution in [2.45, 2.75) is 19.9 Å². The van der Waals surface area contributed by atoms with Gasteiger partial charge in [-0.3, -0.25) is 4.57 Å². The summed E-state index contributed by atoms with van der Waals surface area (Å²) in [4.78, 5) is 13.3. The zero-order valence-electron chi connectivity index (χ0n) is 13.9. The Labute approximate surface area is 144 Å². The Morgan fingerprint density at radius 3 is 3.08 bits per heavy atom. The van der Waals surface area contributed by atoms with Crippen LogP contribution >= 0.6 is 0 Å². The number of anilines is 1. The van der Waals surface area contributed by atoms with Gasteiger partial charge in [-0.2, -0.15) is 4.98 Å². The van der Waals surface area contributed by atoms with E-state index in [-0.39, 0.29) is 5.82 Å². The molecule has 0 saturated carbocycles. The summed E-state index contributed by atoms with van der Waals surface area (Å²) >= 11 is 0. The average Bonchev–Trinajstić information content (AvgIpc) is 3.03. The van der Waals surface area contributed by atoms with Gasteiger partial charge in [0.15, 0.2) is 0 Å². The topological polar surface area (TPSA) is 55.6 Å². The molecule has 126 valence electrons. The molecule has 25 heavy (non-hydrogen) atoms. The molecule has 0 radical (unpaired) electrons. The standard InChI is InChI=1S/C19H18FN5/c1-13-5-6-16-17(9-13)25(12-23-16)18-7-8-21-19(24-18)22-11-14-3-2-4-15(20)10-14/h2-4,6-10,12-13H,5,11H2,1H3,(H,21,22,24). The number of benzene rings is 1. The lowest BCUT2D eigenvalue weighted by Gasteiger charge is -2.09. The monoisotopic (exact) mass is 335 g/mol. The SMILES string of the molecule is CC1C=c2c(ncn2-c2ccnc(NCc3cccc(F)c3)n2)=CC1. The van der Waals surface area contributed by atoms with Crippen molar-refractivity contribution in [3.63, 3.8) is 0 Å². The molecule has 2 heterocycles. The average molecular weight is 335 g/mol. The third-order valence-corrected chi connectivity index (χ3v) is 4.19. The van der Waals surface area contributed by atoms with Crippen molar-refractivity contribution in [1.29, 1.82) is 0 Å². The van der Waals surface area contributed by atoms with Gasteiger partial charge in [0, 0.05) is 12.7 Å². The van der Waals surface area contributed by atoms with Gasteiger partial charge in [0.25, 0.3) is 0 Å². The third-order valence-electron chi connectivity index (χ3n) is 4.19. The molecule has 0 saturated heterocycles. The molecule has 0 aliphatic heterocycles. The predicted molar refractivity (Wildman–Crippen MR) is 94.8 cm³/mol. The van der Waals surface area contributed by atoms with Gasteiger partial charge >= 0.3 is 0 Å². The maximum atomic E-state index is 13.3. The molecule has 6 heteroatoms. The molecule has 2 aromatic heterocycles. The quantitative estimate of drug-likeness (QED) is 0.792. The van der Waals surface area contributed by atoms with E-state index in [0.717, 1.165) is 28.5 Å². The number of hydrogen-bond donors (Lipinski definition) is 1. The Morgan fingerprint density at radius 1 is 1.28 bits per heavy atom. The number of hydrogen-bond acceptors (Lipinski definition) is 4. The van der Waals surface area contributed by atoms with Crippen LogP contribution < -0.4 is 16.0 Å². The fourth-order valence-corrected chi connectivity index (χ4v) is 2.91. The molecule has 1 N–H and O–H groups in total. The summed E-state index contributed by atoms with van der Waals surface area (Å²) in [5.41, 5.74) is 0.839. The number of fused-ring (bicyclic) bond motifs is 1. The summed E-state index contributed by atoms with van der Waals surface area (Å²) in [7, 11) is 0. The van der Waals surface area contributed by atoms with Gasteiger partial charge in [-0.15, -0.1) is 0 Å². The van der Waals surface area contributed by atoms with Gasteiger partial charge in [0.1, 0.15) is 18.0 Å². The maximum Gasteiger partial charge on any atom is 0.224 e. The summed E-state index contributed by atoms with van der Waals surface area (Å²) in [6, 6.07) is 8.32. The van der Waals surface area contributed by atoms with E-state index in [4.69, 9.17) is 0 Å². The van der Waals surface area contributed by atoms with E-state index in [2.05, 4.69) is 39.3 Å². The molecule has 4 rings (SSSR count). The summed E-state index contributed by atoms with van der Waals surface area (Å²) in [5, 5.41) is 5.19. The molecule has 1 aliphatic rings. The predicted octanol–water partition coefficient (Wildman–Crippen LogP) is 2.01. The van der Waals surface area contributed by atoms with Crippen molar-refractivity contribution >= 4 is 18.1 Å². The number of imidazole rings is 1. The van der Waals surface area contributed by atoms with Gasteiger partial charge < -0.3 is 5.32 Å². The molecule has 0 bridgehead atoms. The van der Waals surface area contributed by atoms with Crippen LogP contribution in [0, 0.1) is 11.7 Å². The van der Waals surface area contributed by atoms with E-state index < -0.39 is 0 Å². The first kappa shape index (κ1) is 15.5. The Bertz CT molecular complexity index is 1020. The molecule has 3 aromatic rings. The minimum atomic E-state index is -0.250. The zero-order chi connectivity index (χ0) is 17.2. The Balaban J connectivity index is 1.61. The fourth-order valence-electron chi connectivity index (χ4n) is 2.91. The lowest BCUT2D eigenvalue weighted by atomic mass is 10.0. The van der Waals surface area contributed by atoms with E-state index in [1.165, 1.54) is 12.1 Å². The van der Waals surface area contributed by atoms with Crippen LogP contribution in [0.4, 0.5) is 10.3 Å². The first-order valence-electron chi connectivity index (χ1n) is 8.26. The second-order valence-corrected chi connectivity index (χ2v) is 6.19. The van der Waals surface area contributed by atoms with Crippen LogP contribution in [0.15, 0.2) is 42.9 Å². The summed E-state index contributed by atoms with van der Waals surface area (Å²) in [6.07, 6.45) is 8.87. The molecule has 0 amide bonds. The van der Waals surface area contributed by atoms with Crippen LogP contribution in [-0.2, 0) is 6.54 Å². The number of rotatable bonds is 4. The van der Waals surface area contributed by atoms with Gasteiger partial charge in [-0.05, 0) is 36.1 Å². The molecule has 1 aliphatic carbocycles. The van der Waals surface area contributed by atoms with Crippen molar-refractivity contribution in [1.82, 2.24) is 19.5 Å². The fraction of sp³-hybridized carbons (Fsp3) is 0.211. The summed E-state index contributed by atoms with van der Waals surface area (Å²) in [6.45, 7) is 2.64. The van der Waals surface area contributed by atoms with Gasteiger partial charge in [0.2, 0.25) is 5.95 Å². The Morgan fingerprint density at radius 2 is 2.20 bits per heavy atom. The van der Waals surface area contributed by atoms with Crippen LogP contribution in [0.25, 0.3) is 18.0 Å². The van der Waals surface area contributed by atoms with Gasteiger partial charge in [0.05, 0.1) is 10.7 Å². The molecule has 5 nitrogen and oxygen atoms in total. The van der Waals surface area contributed by atoms with Crippen molar-refractivity contribution < 1.29 is 4.39 Å². The highest BCUT2D eigenvalue weighted by molar-refractivity contribution is 5.40. The maximum absolute atomic E-state index is 13.3. The van der Waals surface area contributed by atoms with Crippen molar-refractivity contribution in [2.75, 3.05) is 5.32 Å². The highest BCUT2D eigenvalue weighted by Crippen LogP contribution is 2.10. The van der Waals surface area contributed by atoms with E-state index >= 15 is 0 Å². The number of halogens is 1. The smallest absolute Gasteiger partial charge is 0.224 e. The number of nitrogens with one attached hydrogen (secondary N) is 1. The van der Waals surface area contributed by atoms with Crippen LogP contribution in [-0.4, -0.2) is 19.5 Å². The molecule has 1 aromatic carbocycles. The van der Waals surface area contributed by atoms with Gasteiger partial charge in [-0.25, -0.2) is 14.4 Å². The third kappa shape index (κ3) is 3.28. The largest absolute Gasteiger partial charge is 0.350 e. The number of nitrogens with zero attached hydrogens (tertiary/aromatic N) is 4. The van der Waals surface area contributed by atoms with Crippen LogP contribution in [0.2, 0.25) is 0 Å². The van der Waals surface area contributed by atoms with Gasteiger partial charge in [-0.1, -0.05) is 31.2 Å². The molecule has 0 spiro atoms. The van der Waals surface area contributed by atoms with E-state index in [1.807, 2.05) is 16.7 Å². The van der Waals surface area contributed by atoms with E-state index in [9.17, 15) is 4.39 Å². The summed E-state index contributed by atoms with van der Waals surface area (Å²) < 4.78 is 15.2. The van der Waals surface area contributed by atoms with E-state index in [0.29, 0.717) is 18.4 Å². The second-order valence-electron chi connectivity index (χ2n) is 6.19.